The number of hydrogen-bond donors (Lipinski definition) is 3. The average molecular weight is 304 g/mol. The molecule has 1 unspecified atom stereocenters. The second kappa shape index (κ2) is 5.08. The van der Waals surface area contributed by atoms with Crippen LogP contribution in [-0.2, 0) is 0 Å². The van der Waals surface area contributed by atoms with Gasteiger partial charge < -0.3 is 20.1 Å². The maximum Gasteiger partial charge on any atom is 0.317 e. The molecule has 2 amide bonds. The first-order chi connectivity index (χ1) is 10.5. The lowest BCUT2D eigenvalue weighted by molar-refractivity contribution is 0.162. The lowest BCUT2D eigenvalue weighted by Crippen LogP contribution is -2.67. The molecule has 1 fully saturated rings. The van der Waals surface area contributed by atoms with E-state index in [4.69, 9.17) is 9.47 Å². The molecule has 0 aliphatic carbocycles. The van der Waals surface area contributed by atoms with Crippen molar-refractivity contribution in [3.63, 3.8) is 0 Å². The Morgan fingerprint density at radius 1 is 1.23 bits per heavy atom. The number of ether oxygens (including phenoxy) is 2. The SMILES string of the molecule is COc1ccc([C@H]2NC(=O)NC3(C)NN=C(C)[C@@H]23)cc1OC. The van der Waals surface area contributed by atoms with Gasteiger partial charge in [-0.1, -0.05) is 6.07 Å². The second-order valence-corrected chi connectivity index (χ2v) is 5.74. The Morgan fingerprint density at radius 3 is 2.64 bits per heavy atom. The van der Waals surface area contributed by atoms with Crippen LogP contribution in [0.2, 0.25) is 0 Å². The third-order valence-corrected chi connectivity index (χ3v) is 4.30. The van der Waals surface area contributed by atoms with Crippen LogP contribution in [0.5, 0.6) is 11.5 Å². The van der Waals surface area contributed by atoms with E-state index in [-0.39, 0.29) is 18.0 Å². The molecule has 3 atom stereocenters. The van der Waals surface area contributed by atoms with Crippen LogP contribution in [0.15, 0.2) is 23.3 Å². The van der Waals surface area contributed by atoms with E-state index in [9.17, 15) is 4.79 Å². The number of amides is 2. The van der Waals surface area contributed by atoms with Crippen molar-refractivity contribution in [2.75, 3.05) is 14.2 Å². The summed E-state index contributed by atoms with van der Waals surface area (Å²) < 4.78 is 10.6. The summed E-state index contributed by atoms with van der Waals surface area (Å²) in [5.41, 5.74) is 4.32. The number of hydrazone groups is 1. The van der Waals surface area contributed by atoms with Crippen LogP contribution in [0.4, 0.5) is 4.79 Å². The number of carbonyl (C=O) groups is 1. The number of carbonyl (C=O) groups excluding carboxylic acids is 1. The number of nitrogens with zero attached hydrogens (tertiary/aromatic N) is 1. The fourth-order valence-corrected chi connectivity index (χ4v) is 3.26. The summed E-state index contributed by atoms with van der Waals surface area (Å²) in [5, 5.41) is 10.2. The minimum atomic E-state index is -0.593. The molecule has 0 saturated carbocycles. The number of nitrogens with one attached hydrogen (secondary N) is 3. The van der Waals surface area contributed by atoms with Crippen LogP contribution in [0.25, 0.3) is 0 Å². The Bertz CT molecular complexity index is 646. The molecule has 2 aliphatic heterocycles. The van der Waals surface area contributed by atoms with Crippen molar-refractivity contribution in [2.45, 2.75) is 25.6 Å². The molecule has 0 aromatic heterocycles. The monoisotopic (exact) mass is 304 g/mol. The molecule has 2 heterocycles. The van der Waals surface area contributed by atoms with Crippen molar-refractivity contribution >= 4 is 11.7 Å². The Morgan fingerprint density at radius 2 is 1.95 bits per heavy atom. The molecule has 1 aromatic rings. The summed E-state index contributed by atoms with van der Waals surface area (Å²) >= 11 is 0. The number of benzene rings is 1. The van der Waals surface area contributed by atoms with Gasteiger partial charge in [0.15, 0.2) is 11.5 Å². The zero-order chi connectivity index (χ0) is 15.9. The third-order valence-electron chi connectivity index (χ3n) is 4.30. The maximum atomic E-state index is 12.0. The first kappa shape index (κ1) is 14.5. The minimum Gasteiger partial charge on any atom is -0.493 e. The molecule has 2 aliphatic rings. The Hall–Kier alpha value is -2.44. The van der Waals surface area contributed by atoms with Crippen LogP contribution in [0, 0.1) is 5.92 Å². The standard InChI is InChI=1S/C15H20N4O3/c1-8-12-13(16-14(20)17-15(12,2)19-18-8)9-5-6-10(21-3)11(7-9)22-4/h5-7,12-13,19H,1-4H3,(H2,16,17,20)/t12-,13+,15?/m0/s1. The molecule has 7 heteroatoms. The normalized spacial score (nSPS) is 29.6. The Balaban J connectivity index is 2.02. The molecule has 22 heavy (non-hydrogen) atoms. The lowest BCUT2D eigenvalue weighted by Gasteiger charge is -2.42. The van der Waals surface area contributed by atoms with E-state index in [1.165, 1.54) is 0 Å². The van der Waals surface area contributed by atoms with E-state index in [0.717, 1.165) is 11.3 Å². The van der Waals surface area contributed by atoms with Gasteiger partial charge in [0, 0.05) is 5.71 Å². The summed E-state index contributed by atoms with van der Waals surface area (Å²) in [7, 11) is 3.19. The fourth-order valence-electron chi connectivity index (χ4n) is 3.26. The maximum absolute atomic E-state index is 12.0. The summed E-state index contributed by atoms with van der Waals surface area (Å²) in [5.74, 6) is 1.29. The van der Waals surface area contributed by atoms with Gasteiger partial charge in [0.25, 0.3) is 0 Å². The molecule has 7 nitrogen and oxygen atoms in total. The largest absolute Gasteiger partial charge is 0.493 e. The van der Waals surface area contributed by atoms with Crippen molar-refractivity contribution in [3.05, 3.63) is 23.8 Å². The fraction of sp³-hybridized carbons (Fsp3) is 0.467. The third kappa shape index (κ3) is 2.13. The molecule has 3 N–H and O–H groups in total. The van der Waals surface area contributed by atoms with Gasteiger partial charge in [-0.2, -0.15) is 5.10 Å². The Labute approximate surface area is 129 Å². The van der Waals surface area contributed by atoms with E-state index in [2.05, 4.69) is 21.2 Å². The van der Waals surface area contributed by atoms with Crippen LogP contribution >= 0.6 is 0 Å². The van der Waals surface area contributed by atoms with Gasteiger partial charge in [-0.15, -0.1) is 0 Å². The van der Waals surface area contributed by atoms with E-state index in [1.54, 1.807) is 14.2 Å². The minimum absolute atomic E-state index is 0.00306. The second-order valence-electron chi connectivity index (χ2n) is 5.74. The first-order valence-corrected chi connectivity index (χ1v) is 7.10. The summed E-state index contributed by atoms with van der Waals surface area (Å²) in [6.45, 7) is 3.89. The molecule has 3 rings (SSSR count). The zero-order valence-corrected chi connectivity index (χ0v) is 13.1. The molecule has 118 valence electrons. The van der Waals surface area contributed by atoms with Crippen LogP contribution in [0.1, 0.15) is 25.5 Å². The first-order valence-electron chi connectivity index (χ1n) is 7.10. The van der Waals surface area contributed by atoms with Crippen LogP contribution in [0.3, 0.4) is 0 Å². The van der Waals surface area contributed by atoms with Crippen molar-refractivity contribution in [1.29, 1.82) is 0 Å². The number of hydrogen-bond acceptors (Lipinski definition) is 5. The van der Waals surface area contributed by atoms with Gasteiger partial charge in [0.1, 0.15) is 5.66 Å². The number of methoxy groups -OCH3 is 2. The van der Waals surface area contributed by atoms with Gasteiger partial charge >= 0.3 is 6.03 Å². The summed E-state index contributed by atoms with van der Waals surface area (Å²) in [4.78, 5) is 12.0. The van der Waals surface area contributed by atoms with E-state index in [1.807, 2.05) is 32.0 Å². The number of urea groups is 1. The van der Waals surface area contributed by atoms with Gasteiger partial charge in [0.05, 0.1) is 26.2 Å². The highest BCUT2D eigenvalue weighted by Crippen LogP contribution is 2.39. The summed E-state index contributed by atoms with van der Waals surface area (Å²) in [6, 6.07) is 5.24. The molecule has 0 bridgehead atoms. The molecule has 0 radical (unpaired) electrons. The predicted octanol–water partition coefficient (Wildman–Crippen LogP) is 1.37. The van der Waals surface area contributed by atoms with Crippen LogP contribution < -0.4 is 25.5 Å². The number of fused-ring (bicyclic) bond motifs is 1. The molecule has 0 spiro atoms. The van der Waals surface area contributed by atoms with Crippen molar-refractivity contribution in [3.8, 4) is 11.5 Å². The zero-order valence-electron chi connectivity index (χ0n) is 13.1. The Kier molecular flexibility index (Phi) is 3.35. The lowest BCUT2D eigenvalue weighted by atomic mass is 9.80. The van der Waals surface area contributed by atoms with E-state index >= 15 is 0 Å². The molecular weight excluding hydrogens is 284 g/mol. The van der Waals surface area contributed by atoms with Crippen molar-refractivity contribution < 1.29 is 14.3 Å². The van der Waals surface area contributed by atoms with E-state index < -0.39 is 5.66 Å². The number of rotatable bonds is 3. The van der Waals surface area contributed by atoms with Gasteiger partial charge in [0.2, 0.25) is 0 Å². The quantitative estimate of drug-likeness (QED) is 0.787. The van der Waals surface area contributed by atoms with Gasteiger partial charge in [-0.05, 0) is 31.5 Å². The highest BCUT2D eigenvalue weighted by Gasteiger charge is 2.50. The van der Waals surface area contributed by atoms with E-state index in [0.29, 0.717) is 11.5 Å². The molecule has 1 saturated heterocycles. The predicted molar refractivity (Wildman–Crippen MR) is 82.1 cm³/mol. The van der Waals surface area contributed by atoms with Gasteiger partial charge in [-0.25, -0.2) is 4.79 Å². The topological polar surface area (TPSA) is 84.0 Å². The smallest absolute Gasteiger partial charge is 0.317 e. The van der Waals surface area contributed by atoms with Crippen molar-refractivity contribution in [1.82, 2.24) is 16.1 Å². The van der Waals surface area contributed by atoms with Crippen LogP contribution in [-0.4, -0.2) is 31.6 Å². The average Bonchev–Trinajstić information content (AvgIpc) is 2.80. The summed E-state index contributed by atoms with van der Waals surface area (Å²) in [6.07, 6.45) is 0. The van der Waals surface area contributed by atoms with Crippen molar-refractivity contribution in [2.24, 2.45) is 11.0 Å². The molecular formula is C15H20N4O3. The molecule has 1 aromatic carbocycles. The highest BCUT2D eigenvalue weighted by atomic mass is 16.5. The highest BCUT2D eigenvalue weighted by molar-refractivity contribution is 5.91. The van der Waals surface area contributed by atoms with Gasteiger partial charge in [-0.3, -0.25) is 5.43 Å².